The number of aliphatic hydroxyl groups is 1. The molecule has 0 radical (unpaired) electrons. The molecule has 0 atom stereocenters. The molecule has 3 nitrogen and oxygen atoms in total. The van der Waals surface area contributed by atoms with Crippen LogP contribution < -0.4 is 11.3 Å². The maximum atomic E-state index is 8.22. The topological polar surface area (TPSA) is 58.3 Å². The average Bonchev–Trinajstić information content (AvgIpc) is 1.69. The molecular weight excluding hydrogens is 92.1 g/mol. The van der Waals surface area contributed by atoms with Crippen molar-refractivity contribution in [3.05, 3.63) is 0 Å². The maximum Gasteiger partial charge on any atom is 0.0431 e. The van der Waals surface area contributed by atoms with Gasteiger partial charge in [-0.2, -0.15) is 0 Å². The monoisotopic (exact) mass is 104 g/mol. The summed E-state index contributed by atoms with van der Waals surface area (Å²) in [6.45, 7) is 1.06. The minimum absolute atomic E-state index is 0.266. The van der Waals surface area contributed by atoms with Crippen LogP contribution in [-0.2, 0) is 0 Å². The van der Waals surface area contributed by atoms with E-state index in [1.54, 1.807) is 0 Å². The first-order chi connectivity index (χ1) is 3.41. The highest BCUT2D eigenvalue weighted by Crippen LogP contribution is 1.80. The third kappa shape index (κ3) is 5.88. The summed E-state index contributed by atoms with van der Waals surface area (Å²) in [5.74, 6) is 4.94. The number of hydrogen-bond donors (Lipinski definition) is 3. The van der Waals surface area contributed by atoms with Crippen molar-refractivity contribution in [1.82, 2.24) is 5.43 Å². The van der Waals surface area contributed by atoms with E-state index < -0.39 is 0 Å². The predicted octanol–water partition coefficient (Wildman–Crippen LogP) is -0.778. The van der Waals surface area contributed by atoms with Crippen molar-refractivity contribution < 1.29 is 5.11 Å². The van der Waals surface area contributed by atoms with Crippen LogP contribution in [0, 0.1) is 0 Å². The molecular formula is C4H12N2O. The summed E-state index contributed by atoms with van der Waals surface area (Å²) in [6, 6.07) is 0. The largest absolute Gasteiger partial charge is 0.396 e. The highest BCUT2D eigenvalue weighted by Gasteiger charge is 1.80. The zero-order valence-electron chi connectivity index (χ0n) is 4.35. The predicted molar refractivity (Wildman–Crippen MR) is 28.5 cm³/mol. The summed E-state index contributed by atoms with van der Waals surface area (Å²) in [4.78, 5) is 0. The van der Waals surface area contributed by atoms with Crippen LogP contribution in [0.3, 0.4) is 0 Å². The summed E-state index contributed by atoms with van der Waals surface area (Å²) in [5.41, 5.74) is 2.49. The van der Waals surface area contributed by atoms with Crippen LogP contribution in [0.15, 0.2) is 0 Å². The molecule has 3 heteroatoms. The van der Waals surface area contributed by atoms with Crippen LogP contribution in [0.2, 0.25) is 0 Å². The lowest BCUT2D eigenvalue weighted by Crippen LogP contribution is -2.22. The zero-order valence-corrected chi connectivity index (χ0v) is 4.35. The van der Waals surface area contributed by atoms with Crippen molar-refractivity contribution in [1.29, 1.82) is 0 Å². The van der Waals surface area contributed by atoms with Gasteiger partial charge in [0, 0.05) is 13.2 Å². The number of nitrogens with two attached hydrogens (primary N) is 1. The summed E-state index contributed by atoms with van der Waals surface area (Å²) in [6.07, 6.45) is 1.79. The summed E-state index contributed by atoms with van der Waals surface area (Å²) in [5, 5.41) is 8.22. The normalized spacial score (nSPS) is 9.43. The fraction of sp³-hybridized carbons (Fsp3) is 1.00. The van der Waals surface area contributed by atoms with Crippen molar-refractivity contribution >= 4 is 0 Å². The Morgan fingerprint density at radius 1 is 1.43 bits per heavy atom. The third-order valence-corrected chi connectivity index (χ3v) is 0.729. The van der Waals surface area contributed by atoms with E-state index >= 15 is 0 Å². The molecule has 0 amide bonds. The van der Waals surface area contributed by atoms with Gasteiger partial charge in [0.25, 0.3) is 0 Å². The molecule has 0 aliphatic heterocycles. The lowest BCUT2D eigenvalue weighted by Gasteiger charge is -1.92. The van der Waals surface area contributed by atoms with Crippen LogP contribution >= 0.6 is 0 Å². The maximum absolute atomic E-state index is 8.22. The van der Waals surface area contributed by atoms with E-state index in [1.807, 2.05) is 0 Å². The van der Waals surface area contributed by atoms with Gasteiger partial charge in [0.05, 0.1) is 0 Å². The summed E-state index contributed by atoms with van der Waals surface area (Å²) < 4.78 is 0. The molecule has 0 unspecified atom stereocenters. The molecule has 0 bridgehead atoms. The van der Waals surface area contributed by atoms with Gasteiger partial charge in [-0.3, -0.25) is 11.3 Å². The van der Waals surface area contributed by atoms with Crippen LogP contribution in [0.25, 0.3) is 0 Å². The molecule has 0 rings (SSSR count). The molecule has 0 fully saturated rings. The van der Waals surface area contributed by atoms with Crippen LogP contribution in [0.4, 0.5) is 0 Å². The Balaban J connectivity index is 2.45. The lowest BCUT2D eigenvalue weighted by molar-refractivity contribution is 0.284. The second-order valence-corrected chi connectivity index (χ2v) is 1.38. The standard InChI is InChI=1S/C4H12N2O/c5-6-3-1-2-4-7/h6-7H,1-5H2. The second-order valence-electron chi connectivity index (χ2n) is 1.38. The number of nitrogens with one attached hydrogen (secondary N) is 1. The van der Waals surface area contributed by atoms with Gasteiger partial charge in [-0.15, -0.1) is 0 Å². The molecule has 0 saturated carbocycles. The SMILES string of the molecule is NNCCCCO. The Morgan fingerprint density at radius 3 is 2.57 bits per heavy atom. The van der Waals surface area contributed by atoms with Gasteiger partial charge in [-0.1, -0.05) is 0 Å². The highest BCUT2D eigenvalue weighted by atomic mass is 16.2. The van der Waals surface area contributed by atoms with Crippen molar-refractivity contribution in [3.8, 4) is 0 Å². The molecule has 0 spiro atoms. The first-order valence-corrected chi connectivity index (χ1v) is 2.46. The first kappa shape index (κ1) is 6.88. The van der Waals surface area contributed by atoms with Gasteiger partial charge in [-0.25, -0.2) is 0 Å². The molecule has 0 aliphatic rings. The second kappa shape index (κ2) is 5.88. The van der Waals surface area contributed by atoms with E-state index in [4.69, 9.17) is 10.9 Å². The Kier molecular flexibility index (Phi) is 5.78. The smallest absolute Gasteiger partial charge is 0.0431 e. The van der Waals surface area contributed by atoms with Gasteiger partial charge in [0.1, 0.15) is 0 Å². The van der Waals surface area contributed by atoms with Gasteiger partial charge in [0.15, 0.2) is 0 Å². The molecule has 0 aliphatic carbocycles. The van der Waals surface area contributed by atoms with Crippen molar-refractivity contribution in [2.45, 2.75) is 12.8 Å². The molecule has 4 N–H and O–H groups in total. The van der Waals surface area contributed by atoms with E-state index in [2.05, 4.69) is 5.43 Å². The Bertz CT molecular complexity index is 28.9. The Labute approximate surface area is 43.5 Å². The van der Waals surface area contributed by atoms with Gasteiger partial charge < -0.3 is 5.11 Å². The van der Waals surface area contributed by atoms with E-state index in [0.717, 1.165) is 19.4 Å². The van der Waals surface area contributed by atoms with Crippen molar-refractivity contribution in [2.24, 2.45) is 5.84 Å². The van der Waals surface area contributed by atoms with Crippen molar-refractivity contribution in [2.75, 3.05) is 13.2 Å². The lowest BCUT2D eigenvalue weighted by atomic mass is 10.3. The number of unbranched alkanes of at least 4 members (excludes halogenated alkanes) is 1. The fourth-order valence-electron chi connectivity index (χ4n) is 0.339. The summed E-state index contributed by atoms with van der Waals surface area (Å²) in [7, 11) is 0. The van der Waals surface area contributed by atoms with E-state index in [0.29, 0.717) is 0 Å². The Morgan fingerprint density at radius 2 is 2.14 bits per heavy atom. The van der Waals surface area contributed by atoms with Gasteiger partial charge >= 0.3 is 0 Å². The van der Waals surface area contributed by atoms with Gasteiger partial charge in [0.2, 0.25) is 0 Å². The van der Waals surface area contributed by atoms with Crippen LogP contribution in [-0.4, -0.2) is 18.3 Å². The summed E-state index contributed by atoms with van der Waals surface area (Å²) >= 11 is 0. The quantitative estimate of drug-likeness (QED) is 0.249. The van der Waals surface area contributed by atoms with Crippen LogP contribution in [0.5, 0.6) is 0 Å². The minimum Gasteiger partial charge on any atom is -0.396 e. The third-order valence-electron chi connectivity index (χ3n) is 0.729. The average molecular weight is 104 g/mol. The molecule has 0 heterocycles. The molecule has 44 valence electrons. The minimum atomic E-state index is 0.266. The number of aliphatic hydroxyl groups excluding tert-OH is 1. The van der Waals surface area contributed by atoms with E-state index in [1.165, 1.54) is 0 Å². The fourth-order valence-corrected chi connectivity index (χ4v) is 0.339. The number of hydrogen-bond acceptors (Lipinski definition) is 3. The molecule has 0 aromatic heterocycles. The number of rotatable bonds is 4. The van der Waals surface area contributed by atoms with Crippen molar-refractivity contribution in [3.63, 3.8) is 0 Å². The van der Waals surface area contributed by atoms with Crippen LogP contribution in [0.1, 0.15) is 12.8 Å². The molecule has 0 saturated heterocycles. The molecule has 0 aromatic carbocycles. The molecule has 0 aromatic rings. The van der Waals surface area contributed by atoms with E-state index in [-0.39, 0.29) is 6.61 Å². The number of hydrazine groups is 1. The molecule has 7 heavy (non-hydrogen) atoms. The first-order valence-electron chi connectivity index (χ1n) is 2.46. The van der Waals surface area contributed by atoms with Gasteiger partial charge in [-0.05, 0) is 12.8 Å². The zero-order chi connectivity index (χ0) is 5.54. The Hall–Kier alpha value is -0.120. The van der Waals surface area contributed by atoms with E-state index in [9.17, 15) is 0 Å². The highest BCUT2D eigenvalue weighted by molar-refractivity contribution is 4.37.